The minimum atomic E-state index is -3.95. The third-order valence-corrected chi connectivity index (χ3v) is 7.49. The van der Waals surface area contributed by atoms with Crippen molar-refractivity contribution in [3.05, 3.63) is 65.7 Å². The smallest absolute Gasteiger partial charge is 0.304 e. The molecule has 0 saturated heterocycles. The topological polar surface area (TPSA) is 90.0 Å². The van der Waals surface area contributed by atoms with Gasteiger partial charge in [0.25, 0.3) is 0 Å². The fourth-order valence-corrected chi connectivity index (χ4v) is 4.42. The molecular weight excluding hydrogens is 452 g/mol. The molecule has 2 rings (SSSR count). The third kappa shape index (κ3) is 7.04. The molecule has 0 saturated carbocycles. The molecule has 2 atom stereocenters. The normalized spacial score (nSPS) is 13.3. The summed E-state index contributed by atoms with van der Waals surface area (Å²) in [6.07, 6.45) is 0.757. The number of hydrogen-bond donors (Lipinski definition) is 1. The maximum atomic E-state index is 13.6. The van der Waals surface area contributed by atoms with Crippen LogP contribution in [0.25, 0.3) is 0 Å². The van der Waals surface area contributed by atoms with Gasteiger partial charge in [-0.2, -0.15) is 12.7 Å². The molecule has 0 aliphatic heterocycles. The zero-order valence-electron chi connectivity index (χ0n) is 20.9. The lowest BCUT2D eigenvalue weighted by Crippen LogP contribution is -2.53. The average Bonchev–Trinajstić information content (AvgIpc) is 2.80. The second-order valence-electron chi connectivity index (χ2n) is 8.64. The summed E-state index contributed by atoms with van der Waals surface area (Å²) in [6, 6.07) is 15.3. The molecule has 34 heavy (non-hydrogen) atoms. The van der Waals surface area contributed by atoms with E-state index in [4.69, 9.17) is 0 Å². The number of anilines is 1. The summed E-state index contributed by atoms with van der Waals surface area (Å²) < 4.78 is 28.3. The highest BCUT2D eigenvalue weighted by Crippen LogP contribution is 2.20. The van der Waals surface area contributed by atoms with E-state index in [1.807, 2.05) is 45.0 Å². The molecule has 1 N–H and O–H groups in total. The lowest BCUT2D eigenvalue weighted by atomic mass is 10.1. The quantitative estimate of drug-likeness (QED) is 0.527. The van der Waals surface area contributed by atoms with E-state index in [-0.39, 0.29) is 18.5 Å². The summed E-state index contributed by atoms with van der Waals surface area (Å²) in [5.41, 5.74) is 2.26. The monoisotopic (exact) mass is 488 g/mol. The molecular formula is C25H36N4O4S. The highest BCUT2D eigenvalue weighted by molar-refractivity contribution is 7.90. The first kappa shape index (κ1) is 27.3. The number of hydrogen-bond acceptors (Lipinski definition) is 4. The van der Waals surface area contributed by atoms with Crippen molar-refractivity contribution in [2.24, 2.45) is 0 Å². The van der Waals surface area contributed by atoms with Crippen LogP contribution in [-0.4, -0.2) is 62.2 Å². The van der Waals surface area contributed by atoms with Crippen molar-refractivity contribution in [3.63, 3.8) is 0 Å². The van der Waals surface area contributed by atoms with Crippen LogP contribution in [0.3, 0.4) is 0 Å². The van der Waals surface area contributed by atoms with Gasteiger partial charge in [-0.1, -0.05) is 55.0 Å². The first-order valence-electron chi connectivity index (χ1n) is 11.4. The molecule has 0 unspecified atom stereocenters. The zero-order valence-corrected chi connectivity index (χ0v) is 21.7. The van der Waals surface area contributed by atoms with Crippen LogP contribution in [0.15, 0.2) is 54.6 Å². The van der Waals surface area contributed by atoms with E-state index in [0.717, 1.165) is 26.2 Å². The summed E-state index contributed by atoms with van der Waals surface area (Å²) in [5, 5.41) is 2.92. The molecule has 0 aliphatic rings. The van der Waals surface area contributed by atoms with E-state index in [1.165, 1.54) is 19.0 Å². The van der Waals surface area contributed by atoms with Gasteiger partial charge < -0.3 is 10.2 Å². The molecule has 0 fully saturated rings. The largest absolute Gasteiger partial charge is 0.352 e. The van der Waals surface area contributed by atoms with Gasteiger partial charge in [-0.15, -0.1) is 0 Å². The van der Waals surface area contributed by atoms with Gasteiger partial charge in [0, 0.05) is 26.7 Å². The highest BCUT2D eigenvalue weighted by Gasteiger charge is 2.32. The third-order valence-electron chi connectivity index (χ3n) is 5.67. The zero-order chi connectivity index (χ0) is 25.5. The van der Waals surface area contributed by atoms with E-state index in [1.54, 1.807) is 37.3 Å². The van der Waals surface area contributed by atoms with Crippen molar-refractivity contribution in [1.82, 2.24) is 14.5 Å². The fraction of sp³-hybridized carbons (Fsp3) is 0.440. The number of para-hydroxylation sites is 1. The van der Waals surface area contributed by atoms with Crippen LogP contribution in [0.4, 0.5) is 5.69 Å². The van der Waals surface area contributed by atoms with Crippen LogP contribution in [0, 0.1) is 6.92 Å². The molecule has 2 amide bonds. The summed E-state index contributed by atoms with van der Waals surface area (Å²) in [4.78, 5) is 28.0. The van der Waals surface area contributed by atoms with Crippen LogP contribution in [0.2, 0.25) is 0 Å². The highest BCUT2D eigenvalue weighted by atomic mass is 32.2. The summed E-state index contributed by atoms with van der Waals surface area (Å²) in [5.74, 6) is -0.750. The van der Waals surface area contributed by atoms with E-state index in [0.29, 0.717) is 5.69 Å². The second kappa shape index (κ2) is 12.0. The molecule has 8 nitrogen and oxygen atoms in total. The van der Waals surface area contributed by atoms with E-state index >= 15 is 0 Å². The Kier molecular flexibility index (Phi) is 9.64. The predicted molar refractivity (Wildman–Crippen MR) is 135 cm³/mol. The molecule has 9 heteroatoms. The molecule has 0 spiro atoms. The molecule has 2 aromatic rings. The van der Waals surface area contributed by atoms with Gasteiger partial charge in [-0.25, -0.2) is 4.31 Å². The van der Waals surface area contributed by atoms with Gasteiger partial charge in [0.15, 0.2) is 0 Å². The number of nitrogens with one attached hydrogen (secondary N) is 1. The summed E-state index contributed by atoms with van der Waals surface area (Å²) in [6.45, 7) is 7.24. The van der Waals surface area contributed by atoms with Crippen molar-refractivity contribution in [2.75, 3.05) is 24.9 Å². The van der Waals surface area contributed by atoms with E-state index < -0.39 is 28.7 Å². The van der Waals surface area contributed by atoms with Gasteiger partial charge in [0.2, 0.25) is 11.8 Å². The van der Waals surface area contributed by atoms with Crippen molar-refractivity contribution < 1.29 is 18.0 Å². The minimum Gasteiger partial charge on any atom is -0.352 e. The maximum absolute atomic E-state index is 13.6. The maximum Gasteiger partial charge on any atom is 0.304 e. The Labute approximate surface area is 203 Å². The number of aryl methyl sites for hydroxylation is 1. The van der Waals surface area contributed by atoms with Crippen LogP contribution in [-0.2, 0) is 26.3 Å². The van der Waals surface area contributed by atoms with Crippen molar-refractivity contribution >= 4 is 27.7 Å². The predicted octanol–water partition coefficient (Wildman–Crippen LogP) is 2.94. The lowest BCUT2D eigenvalue weighted by molar-refractivity contribution is -0.139. The van der Waals surface area contributed by atoms with Crippen molar-refractivity contribution in [2.45, 2.75) is 52.7 Å². The Morgan fingerprint density at radius 3 is 2.21 bits per heavy atom. The molecule has 186 valence electrons. The van der Waals surface area contributed by atoms with Crippen LogP contribution < -0.4 is 9.62 Å². The number of benzene rings is 2. The van der Waals surface area contributed by atoms with Gasteiger partial charge >= 0.3 is 10.2 Å². The second-order valence-corrected chi connectivity index (χ2v) is 10.7. The van der Waals surface area contributed by atoms with Gasteiger partial charge in [-0.05, 0) is 44.9 Å². The van der Waals surface area contributed by atoms with E-state index in [9.17, 15) is 18.0 Å². The Morgan fingerprint density at radius 2 is 1.65 bits per heavy atom. The average molecular weight is 489 g/mol. The summed E-state index contributed by atoms with van der Waals surface area (Å²) in [7, 11) is -1.11. The lowest BCUT2D eigenvalue weighted by Gasteiger charge is -2.33. The van der Waals surface area contributed by atoms with Crippen LogP contribution in [0.1, 0.15) is 38.3 Å². The molecule has 0 radical (unpaired) electrons. The van der Waals surface area contributed by atoms with Crippen molar-refractivity contribution in [1.29, 1.82) is 0 Å². The molecule has 0 aromatic heterocycles. The van der Waals surface area contributed by atoms with Crippen LogP contribution >= 0.6 is 0 Å². The number of carbonyl (C=O) groups is 2. The Hall–Kier alpha value is -2.91. The molecule has 2 aromatic carbocycles. The summed E-state index contributed by atoms with van der Waals surface area (Å²) >= 11 is 0. The number of amides is 2. The Bertz CT molecular complexity index is 1070. The fourth-order valence-electron chi connectivity index (χ4n) is 3.37. The first-order chi connectivity index (χ1) is 16.0. The van der Waals surface area contributed by atoms with Gasteiger partial charge in [0.05, 0.1) is 5.69 Å². The minimum absolute atomic E-state index is 0.0409. The van der Waals surface area contributed by atoms with Crippen molar-refractivity contribution in [3.8, 4) is 0 Å². The number of nitrogens with zero attached hydrogens (tertiary/aromatic N) is 3. The standard InChI is InChI=1S/C25H36N4O4S/c1-7-20(3)26-25(31)21(4)28(17-22-13-11-12-19(2)16-22)24(30)18-29(34(32,33)27(5)6)23-14-9-8-10-15-23/h8-16,20-21H,7,17-18H2,1-6H3,(H,26,31)/t20-,21+/m0/s1. The first-order valence-corrected chi connectivity index (χ1v) is 12.8. The van der Waals surface area contributed by atoms with E-state index in [2.05, 4.69) is 5.32 Å². The van der Waals surface area contributed by atoms with Crippen LogP contribution in [0.5, 0.6) is 0 Å². The van der Waals surface area contributed by atoms with Gasteiger partial charge in [0.1, 0.15) is 12.6 Å². The van der Waals surface area contributed by atoms with Gasteiger partial charge in [-0.3, -0.25) is 9.59 Å². The Morgan fingerprint density at radius 1 is 1.00 bits per heavy atom. The SMILES string of the molecule is CC[C@H](C)NC(=O)[C@@H](C)N(Cc1cccc(C)c1)C(=O)CN(c1ccccc1)S(=O)(=O)N(C)C. The number of carbonyl (C=O) groups excluding carboxylic acids is 2. The molecule has 0 aliphatic carbocycles. The number of rotatable bonds is 11. The Balaban J connectivity index is 2.42. The molecule has 0 bridgehead atoms. The molecule has 0 heterocycles.